The fourth-order valence-corrected chi connectivity index (χ4v) is 1.58. The molecule has 0 aliphatic heterocycles. The van der Waals surface area contributed by atoms with Crippen LogP contribution in [0.4, 0.5) is 4.79 Å². The molecule has 3 amide bonds. The number of nitrogens with one attached hydrogen (secondary N) is 2. The first-order valence-corrected chi connectivity index (χ1v) is 6.28. The van der Waals surface area contributed by atoms with Crippen molar-refractivity contribution in [3.8, 4) is 0 Å². The lowest BCUT2D eigenvalue weighted by atomic mass is 10.1. The molecule has 98 valence electrons. The summed E-state index contributed by atoms with van der Waals surface area (Å²) < 4.78 is 0. The van der Waals surface area contributed by atoms with Crippen LogP contribution in [-0.4, -0.2) is 11.9 Å². The second-order valence-corrected chi connectivity index (χ2v) is 4.26. The number of rotatable bonds is 5. The molecule has 2 N–H and O–H groups in total. The number of hydrogen-bond donors (Lipinski definition) is 2. The molecule has 0 unspecified atom stereocenters. The highest BCUT2D eigenvalue weighted by atomic mass is 16.2. The fraction of sp³-hybridized carbons (Fsp3) is 0.429. The van der Waals surface area contributed by atoms with Crippen LogP contribution in [0, 0.1) is 0 Å². The maximum Gasteiger partial charge on any atom is 0.321 e. The van der Waals surface area contributed by atoms with Gasteiger partial charge in [0.2, 0.25) is 5.91 Å². The van der Waals surface area contributed by atoms with E-state index in [2.05, 4.69) is 10.6 Å². The average Bonchev–Trinajstić information content (AvgIpc) is 2.37. The van der Waals surface area contributed by atoms with Crippen molar-refractivity contribution >= 4 is 11.9 Å². The average molecular weight is 248 g/mol. The summed E-state index contributed by atoms with van der Waals surface area (Å²) in [5.41, 5.74) is 1.01. The number of urea groups is 1. The van der Waals surface area contributed by atoms with Crippen LogP contribution in [0.2, 0.25) is 0 Å². The normalized spacial score (nSPS) is 11.7. The monoisotopic (exact) mass is 248 g/mol. The molecule has 0 saturated heterocycles. The van der Waals surface area contributed by atoms with Crippen molar-refractivity contribution in [2.24, 2.45) is 0 Å². The predicted molar refractivity (Wildman–Crippen MR) is 71.1 cm³/mol. The molecule has 1 rings (SSSR count). The van der Waals surface area contributed by atoms with Crippen molar-refractivity contribution in [3.63, 3.8) is 0 Å². The molecule has 0 aliphatic carbocycles. The van der Waals surface area contributed by atoms with Gasteiger partial charge >= 0.3 is 6.03 Å². The molecule has 0 bridgehead atoms. The van der Waals surface area contributed by atoms with Crippen LogP contribution in [0.25, 0.3) is 0 Å². The molecular formula is C14H20N2O2. The Kier molecular flexibility index (Phi) is 5.91. The summed E-state index contributed by atoms with van der Waals surface area (Å²) in [5.74, 6) is -0.227. The highest BCUT2D eigenvalue weighted by Crippen LogP contribution is 2.10. The summed E-state index contributed by atoms with van der Waals surface area (Å²) in [6.45, 7) is 3.89. The van der Waals surface area contributed by atoms with E-state index in [0.29, 0.717) is 6.42 Å². The zero-order valence-electron chi connectivity index (χ0n) is 10.9. The second kappa shape index (κ2) is 7.48. The summed E-state index contributed by atoms with van der Waals surface area (Å²) in [6, 6.07) is 9.06. The molecule has 1 aromatic rings. The van der Waals surface area contributed by atoms with Gasteiger partial charge in [-0.2, -0.15) is 0 Å². The molecule has 1 atom stereocenters. The number of unbranched alkanes of at least 4 members (excludes halogenated alkanes) is 1. The van der Waals surface area contributed by atoms with Crippen molar-refractivity contribution in [2.45, 2.75) is 39.2 Å². The summed E-state index contributed by atoms with van der Waals surface area (Å²) in [4.78, 5) is 22.9. The Hall–Kier alpha value is -1.84. The second-order valence-electron chi connectivity index (χ2n) is 4.26. The van der Waals surface area contributed by atoms with E-state index in [-0.39, 0.29) is 11.9 Å². The number of hydrogen-bond acceptors (Lipinski definition) is 2. The number of benzene rings is 1. The maximum absolute atomic E-state index is 11.6. The zero-order chi connectivity index (χ0) is 13.4. The minimum Gasteiger partial charge on any atom is -0.331 e. The first kappa shape index (κ1) is 14.2. The summed E-state index contributed by atoms with van der Waals surface area (Å²) in [5, 5.41) is 5.06. The quantitative estimate of drug-likeness (QED) is 0.841. The number of carbonyl (C=O) groups excluding carboxylic acids is 2. The molecule has 0 aromatic heterocycles. The largest absolute Gasteiger partial charge is 0.331 e. The Morgan fingerprint density at radius 2 is 1.89 bits per heavy atom. The molecule has 0 saturated carbocycles. The third kappa shape index (κ3) is 4.99. The Morgan fingerprint density at radius 3 is 2.50 bits per heavy atom. The Labute approximate surface area is 108 Å². The molecule has 0 aliphatic rings. The van der Waals surface area contributed by atoms with Gasteiger partial charge in [0, 0.05) is 6.42 Å². The Balaban J connectivity index is 2.38. The smallest absolute Gasteiger partial charge is 0.321 e. The third-order valence-electron chi connectivity index (χ3n) is 2.66. The standard InChI is InChI=1S/C14H20N2O2/c1-3-4-10-13(17)16-14(18)15-11(2)12-8-6-5-7-9-12/h5-9,11H,3-4,10H2,1-2H3,(H2,15,16,17,18)/t11-/m0/s1. The van der Waals surface area contributed by atoms with Gasteiger partial charge in [0.25, 0.3) is 0 Å². The van der Waals surface area contributed by atoms with Gasteiger partial charge in [-0.15, -0.1) is 0 Å². The first-order valence-electron chi connectivity index (χ1n) is 6.28. The first-order chi connectivity index (χ1) is 8.63. The lowest BCUT2D eigenvalue weighted by Crippen LogP contribution is -2.40. The van der Waals surface area contributed by atoms with Crippen molar-refractivity contribution in [2.75, 3.05) is 0 Å². The minimum atomic E-state index is -0.438. The maximum atomic E-state index is 11.6. The molecule has 0 fully saturated rings. The van der Waals surface area contributed by atoms with Crippen molar-refractivity contribution < 1.29 is 9.59 Å². The van der Waals surface area contributed by atoms with Gasteiger partial charge in [-0.05, 0) is 18.9 Å². The van der Waals surface area contributed by atoms with E-state index in [4.69, 9.17) is 0 Å². The van der Waals surface area contributed by atoms with Gasteiger partial charge in [-0.3, -0.25) is 10.1 Å². The van der Waals surface area contributed by atoms with E-state index in [0.717, 1.165) is 18.4 Å². The highest BCUT2D eigenvalue weighted by Gasteiger charge is 2.11. The van der Waals surface area contributed by atoms with E-state index < -0.39 is 6.03 Å². The lowest BCUT2D eigenvalue weighted by Gasteiger charge is -2.14. The topological polar surface area (TPSA) is 58.2 Å². The van der Waals surface area contributed by atoms with Crippen LogP contribution in [0.1, 0.15) is 44.7 Å². The molecule has 0 radical (unpaired) electrons. The molecule has 0 spiro atoms. The third-order valence-corrected chi connectivity index (χ3v) is 2.66. The van der Waals surface area contributed by atoms with Gasteiger partial charge in [0.05, 0.1) is 6.04 Å². The lowest BCUT2D eigenvalue weighted by molar-refractivity contribution is -0.120. The predicted octanol–water partition coefficient (Wildman–Crippen LogP) is 2.76. The van der Waals surface area contributed by atoms with Crippen LogP contribution in [-0.2, 0) is 4.79 Å². The molecular weight excluding hydrogens is 228 g/mol. The zero-order valence-corrected chi connectivity index (χ0v) is 10.9. The Bertz CT molecular complexity index is 390. The summed E-state index contributed by atoms with van der Waals surface area (Å²) in [7, 11) is 0. The van der Waals surface area contributed by atoms with Crippen LogP contribution < -0.4 is 10.6 Å². The van der Waals surface area contributed by atoms with Crippen LogP contribution >= 0.6 is 0 Å². The molecule has 18 heavy (non-hydrogen) atoms. The number of imide groups is 1. The van der Waals surface area contributed by atoms with Gasteiger partial charge in [0.1, 0.15) is 0 Å². The Morgan fingerprint density at radius 1 is 1.22 bits per heavy atom. The van der Waals surface area contributed by atoms with Crippen LogP contribution in [0.5, 0.6) is 0 Å². The minimum absolute atomic E-state index is 0.120. The SMILES string of the molecule is CCCCC(=O)NC(=O)N[C@@H](C)c1ccccc1. The molecule has 4 heteroatoms. The van der Waals surface area contributed by atoms with Crippen LogP contribution in [0.3, 0.4) is 0 Å². The summed E-state index contributed by atoms with van der Waals surface area (Å²) >= 11 is 0. The van der Waals surface area contributed by atoms with E-state index in [1.165, 1.54) is 0 Å². The van der Waals surface area contributed by atoms with E-state index in [1.807, 2.05) is 44.2 Å². The van der Waals surface area contributed by atoms with Gasteiger partial charge < -0.3 is 5.32 Å². The van der Waals surface area contributed by atoms with Crippen LogP contribution in [0.15, 0.2) is 30.3 Å². The van der Waals surface area contributed by atoms with Gasteiger partial charge in [-0.1, -0.05) is 43.7 Å². The van der Waals surface area contributed by atoms with Gasteiger partial charge in [-0.25, -0.2) is 4.79 Å². The van der Waals surface area contributed by atoms with E-state index >= 15 is 0 Å². The number of amides is 3. The molecule has 4 nitrogen and oxygen atoms in total. The molecule has 0 heterocycles. The fourth-order valence-electron chi connectivity index (χ4n) is 1.58. The van der Waals surface area contributed by atoms with Crippen molar-refractivity contribution in [1.29, 1.82) is 0 Å². The highest BCUT2D eigenvalue weighted by molar-refractivity contribution is 5.94. The molecule has 1 aromatic carbocycles. The van der Waals surface area contributed by atoms with Gasteiger partial charge in [0.15, 0.2) is 0 Å². The van der Waals surface area contributed by atoms with Crippen molar-refractivity contribution in [1.82, 2.24) is 10.6 Å². The number of carbonyl (C=O) groups is 2. The summed E-state index contributed by atoms with van der Waals surface area (Å²) in [6.07, 6.45) is 2.13. The van der Waals surface area contributed by atoms with Crippen molar-refractivity contribution in [3.05, 3.63) is 35.9 Å². The van der Waals surface area contributed by atoms with E-state index in [9.17, 15) is 9.59 Å². The van der Waals surface area contributed by atoms with E-state index in [1.54, 1.807) is 0 Å².